The smallest absolute Gasteiger partial charge is 0.481 e. The van der Waals surface area contributed by atoms with Gasteiger partial charge in [0.15, 0.2) is 5.78 Å². The number of halogens is 3. The molecule has 1 aromatic rings. The Labute approximate surface area is 111 Å². The molecule has 1 rings (SSSR count). The van der Waals surface area contributed by atoms with Crippen LogP contribution in [0.1, 0.15) is 12.5 Å². The van der Waals surface area contributed by atoms with Crippen LogP contribution >= 0.6 is 0 Å². The van der Waals surface area contributed by atoms with Crippen LogP contribution in [0.3, 0.4) is 0 Å². The first kappa shape index (κ1) is 15.7. The van der Waals surface area contributed by atoms with Crippen LogP contribution in [0.2, 0.25) is 0 Å². The normalized spacial score (nSPS) is 12.6. The number of aliphatic carboxylic acids is 1. The highest BCUT2D eigenvalue weighted by Crippen LogP contribution is 2.23. The fraction of sp³-hybridized carbons (Fsp3) is 0.250. The maximum atomic E-state index is 11.9. The molecule has 0 aliphatic heterocycles. The number of carbonyl (C=O) groups excluding carboxylic acids is 1. The summed E-state index contributed by atoms with van der Waals surface area (Å²) < 4.78 is 39.5. The number of ketones is 1. The first-order valence-corrected chi connectivity index (χ1v) is 5.33. The van der Waals surface area contributed by atoms with Crippen molar-refractivity contribution in [3.05, 3.63) is 29.8 Å². The van der Waals surface area contributed by atoms with Gasteiger partial charge in [0.05, 0.1) is 0 Å². The Morgan fingerprint density at radius 3 is 2.15 bits per heavy atom. The van der Waals surface area contributed by atoms with E-state index in [0.717, 1.165) is 31.2 Å². The van der Waals surface area contributed by atoms with Gasteiger partial charge in [-0.3, -0.25) is 15.0 Å². The van der Waals surface area contributed by atoms with Crippen molar-refractivity contribution in [1.82, 2.24) is 0 Å². The van der Waals surface area contributed by atoms with E-state index in [2.05, 4.69) is 4.74 Å². The summed E-state index contributed by atoms with van der Waals surface area (Å²) in [7, 11) is 0. The number of benzene rings is 1. The second-order valence-electron chi connectivity index (χ2n) is 3.87. The van der Waals surface area contributed by atoms with Gasteiger partial charge in [-0.2, -0.15) is 0 Å². The number of hydrogen-bond acceptors (Lipinski definition) is 4. The number of rotatable bonds is 5. The highest BCUT2D eigenvalue weighted by atomic mass is 19.4. The summed E-state index contributed by atoms with van der Waals surface area (Å²) in [4.78, 5) is 22.2. The van der Waals surface area contributed by atoms with E-state index in [1.54, 1.807) is 0 Å². The zero-order valence-corrected chi connectivity index (χ0v) is 10.2. The van der Waals surface area contributed by atoms with Crippen LogP contribution in [-0.4, -0.2) is 28.9 Å². The monoisotopic (exact) mass is 289 g/mol. The van der Waals surface area contributed by atoms with Crippen LogP contribution in [0.15, 0.2) is 24.3 Å². The molecule has 0 radical (unpaired) electrons. The van der Waals surface area contributed by atoms with Gasteiger partial charge in [0, 0.05) is 5.56 Å². The van der Waals surface area contributed by atoms with Crippen LogP contribution < -0.4 is 4.74 Å². The summed E-state index contributed by atoms with van der Waals surface area (Å²) >= 11 is 0. The van der Waals surface area contributed by atoms with E-state index >= 15 is 0 Å². The molecule has 1 unspecified atom stereocenters. The van der Waals surface area contributed by atoms with Gasteiger partial charge in [-0.25, -0.2) is 0 Å². The second kappa shape index (κ2) is 5.72. The molecule has 5 nitrogen and oxygen atoms in total. The predicted octanol–water partition coefficient (Wildman–Crippen LogP) is 2.24. The largest absolute Gasteiger partial charge is 0.573 e. The van der Waals surface area contributed by atoms with Crippen LogP contribution in [0.25, 0.3) is 0 Å². The SMILES string of the molecule is CC(C(=O)O)C(=O)C(=N)c1ccc(OC(F)(F)F)cc1. The zero-order chi connectivity index (χ0) is 15.5. The fourth-order valence-electron chi connectivity index (χ4n) is 1.29. The molecule has 2 N–H and O–H groups in total. The lowest BCUT2D eigenvalue weighted by molar-refractivity contribution is -0.274. The Balaban J connectivity index is 2.86. The lowest BCUT2D eigenvalue weighted by atomic mass is 9.97. The van der Waals surface area contributed by atoms with Crippen molar-refractivity contribution in [3.8, 4) is 5.75 Å². The minimum absolute atomic E-state index is 0.0117. The van der Waals surface area contributed by atoms with Gasteiger partial charge in [0.2, 0.25) is 0 Å². The van der Waals surface area contributed by atoms with Crippen molar-refractivity contribution in [3.63, 3.8) is 0 Å². The highest BCUT2D eigenvalue weighted by Gasteiger charge is 2.31. The van der Waals surface area contributed by atoms with Crippen molar-refractivity contribution in [2.75, 3.05) is 0 Å². The summed E-state index contributed by atoms with van der Waals surface area (Å²) in [6.07, 6.45) is -4.83. The molecule has 0 saturated carbocycles. The molecule has 0 aromatic heterocycles. The Hall–Kier alpha value is -2.38. The average Bonchev–Trinajstić information content (AvgIpc) is 2.35. The van der Waals surface area contributed by atoms with Crippen molar-refractivity contribution < 1.29 is 32.6 Å². The topological polar surface area (TPSA) is 87.5 Å². The summed E-state index contributed by atoms with van der Waals surface area (Å²) in [5, 5.41) is 16.2. The maximum Gasteiger partial charge on any atom is 0.573 e. The third-order valence-corrected chi connectivity index (χ3v) is 2.39. The first-order valence-electron chi connectivity index (χ1n) is 5.33. The van der Waals surface area contributed by atoms with Gasteiger partial charge in [-0.15, -0.1) is 13.2 Å². The van der Waals surface area contributed by atoms with Crippen molar-refractivity contribution in [2.24, 2.45) is 5.92 Å². The number of carbonyl (C=O) groups is 2. The minimum atomic E-state index is -4.83. The molecule has 0 amide bonds. The first-order chi connectivity index (χ1) is 9.11. The molecule has 0 bridgehead atoms. The fourth-order valence-corrected chi connectivity index (χ4v) is 1.29. The van der Waals surface area contributed by atoms with Gasteiger partial charge in [-0.1, -0.05) is 0 Å². The van der Waals surface area contributed by atoms with E-state index in [1.165, 1.54) is 0 Å². The standard InChI is InChI=1S/C12H10F3NO4/c1-6(11(18)19)10(17)9(16)7-2-4-8(5-3-7)20-12(13,14)15/h2-6,16H,1H3,(H,18,19). The molecule has 0 aliphatic carbocycles. The zero-order valence-electron chi connectivity index (χ0n) is 10.2. The quantitative estimate of drug-likeness (QED) is 0.642. The molecule has 20 heavy (non-hydrogen) atoms. The van der Waals surface area contributed by atoms with E-state index < -0.39 is 35.5 Å². The van der Waals surface area contributed by atoms with Gasteiger partial charge in [0.25, 0.3) is 0 Å². The van der Waals surface area contributed by atoms with E-state index in [4.69, 9.17) is 10.5 Å². The molecule has 108 valence electrons. The van der Waals surface area contributed by atoms with E-state index in [0.29, 0.717) is 0 Å². The number of alkyl halides is 3. The molecule has 0 aliphatic rings. The molecule has 0 fully saturated rings. The maximum absolute atomic E-state index is 11.9. The van der Waals surface area contributed by atoms with Crippen LogP contribution in [-0.2, 0) is 9.59 Å². The lowest BCUT2D eigenvalue weighted by Crippen LogP contribution is -2.27. The number of nitrogens with one attached hydrogen (secondary N) is 1. The number of carboxylic acids is 1. The van der Waals surface area contributed by atoms with Crippen molar-refractivity contribution in [1.29, 1.82) is 5.41 Å². The van der Waals surface area contributed by atoms with Gasteiger partial charge < -0.3 is 9.84 Å². The molecular weight excluding hydrogens is 279 g/mol. The second-order valence-corrected chi connectivity index (χ2v) is 3.87. The number of Topliss-reactive ketones (excluding diaryl/α,β-unsaturated/α-hetero) is 1. The van der Waals surface area contributed by atoms with Gasteiger partial charge >= 0.3 is 12.3 Å². The third-order valence-electron chi connectivity index (χ3n) is 2.39. The van der Waals surface area contributed by atoms with Crippen molar-refractivity contribution in [2.45, 2.75) is 13.3 Å². The summed E-state index contributed by atoms with van der Waals surface area (Å²) in [5.41, 5.74) is -0.573. The third kappa shape index (κ3) is 4.08. The Morgan fingerprint density at radius 2 is 1.75 bits per heavy atom. The van der Waals surface area contributed by atoms with Crippen LogP contribution in [0.5, 0.6) is 5.75 Å². The molecule has 0 spiro atoms. The van der Waals surface area contributed by atoms with E-state index in [-0.39, 0.29) is 5.56 Å². The number of carboxylic acid groups (broad SMARTS) is 1. The summed E-state index contributed by atoms with van der Waals surface area (Å²) in [6, 6.07) is 4.04. The lowest BCUT2D eigenvalue weighted by Gasteiger charge is -2.10. The average molecular weight is 289 g/mol. The highest BCUT2D eigenvalue weighted by molar-refractivity contribution is 6.47. The van der Waals surface area contributed by atoms with Crippen LogP contribution in [0.4, 0.5) is 13.2 Å². The molecule has 0 heterocycles. The Morgan fingerprint density at radius 1 is 1.25 bits per heavy atom. The molecular formula is C12H10F3NO4. The Kier molecular flexibility index (Phi) is 4.49. The van der Waals surface area contributed by atoms with Crippen LogP contribution in [0, 0.1) is 11.3 Å². The molecule has 0 saturated heterocycles. The number of hydrogen-bond donors (Lipinski definition) is 2. The molecule has 8 heteroatoms. The molecule has 1 atom stereocenters. The van der Waals surface area contributed by atoms with Gasteiger partial charge in [-0.05, 0) is 31.2 Å². The predicted molar refractivity (Wildman–Crippen MR) is 61.8 cm³/mol. The minimum Gasteiger partial charge on any atom is -0.481 e. The number of ether oxygens (including phenoxy) is 1. The summed E-state index contributed by atoms with van der Waals surface area (Å²) in [6.45, 7) is 1.13. The van der Waals surface area contributed by atoms with Crippen molar-refractivity contribution >= 4 is 17.5 Å². The Bertz CT molecular complexity index is 537. The van der Waals surface area contributed by atoms with E-state index in [9.17, 15) is 22.8 Å². The molecule has 1 aromatic carbocycles. The van der Waals surface area contributed by atoms with Gasteiger partial charge in [0.1, 0.15) is 17.4 Å². The summed E-state index contributed by atoms with van der Waals surface area (Å²) in [5.74, 6) is -4.19. The van der Waals surface area contributed by atoms with E-state index in [1.807, 2.05) is 0 Å².